The number of hydrogen-bond acceptors (Lipinski definition) is 5. The monoisotopic (exact) mass is 490 g/mol. The Morgan fingerprint density at radius 1 is 1.31 bits per heavy atom. The van der Waals surface area contributed by atoms with E-state index in [4.69, 9.17) is 0 Å². The molecule has 1 saturated heterocycles. The molecule has 0 radical (unpaired) electrons. The van der Waals surface area contributed by atoms with Gasteiger partial charge in [0.05, 0.1) is 5.56 Å². The maximum atomic E-state index is 13.3. The number of aryl methyl sites for hydroxylation is 1. The third-order valence-corrected chi connectivity index (χ3v) is 9.54. The second-order valence-electron chi connectivity index (χ2n) is 10.5. The third kappa shape index (κ3) is 3.73. The number of nitrogens with one attached hydrogen (secondary N) is 2. The van der Waals surface area contributed by atoms with Gasteiger partial charge in [-0.05, 0) is 60.1 Å². The van der Waals surface area contributed by atoms with Crippen molar-refractivity contribution in [2.45, 2.75) is 64.8 Å². The van der Waals surface area contributed by atoms with Crippen molar-refractivity contribution in [1.29, 1.82) is 5.26 Å². The largest absolute Gasteiger partial charge is 0.325 e. The van der Waals surface area contributed by atoms with Crippen LogP contribution in [0.2, 0.25) is 0 Å². The lowest BCUT2D eigenvalue weighted by molar-refractivity contribution is -0.134. The number of carbonyl (C=O) groups excluding carboxylic acids is 3. The Hall–Kier alpha value is -3.18. The van der Waals surface area contributed by atoms with E-state index >= 15 is 0 Å². The molecule has 1 aromatic heterocycles. The lowest BCUT2D eigenvalue weighted by atomic mass is 9.69. The van der Waals surface area contributed by atoms with Crippen molar-refractivity contribution in [3.8, 4) is 6.07 Å². The van der Waals surface area contributed by atoms with Gasteiger partial charge in [0.15, 0.2) is 0 Å². The number of imide groups is 1. The van der Waals surface area contributed by atoms with Gasteiger partial charge in [0, 0.05) is 4.88 Å². The highest BCUT2D eigenvalue weighted by Crippen LogP contribution is 2.45. The zero-order chi connectivity index (χ0) is 25.0. The van der Waals surface area contributed by atoms with Crippen molar-refractivity contribution in [1.82, 2.24) is 10.2 Å². The first-order valence-corrected chi connectivity index (χ1v) is 13.1. The van der Waals surface area contributed by atoms with Crippen LogP contribution in [0, 0.1) is 22.7 Å². The molecule has 35 heavy (non-hydrogen) atoms. The van der Waals surface area contributed by atoms with E-state index in [1.165, 1.54) is 11.3 Å². The fourth-order valence-corrected chi connectivity index (χ4v) is 7.08. The number of rotatable bonds is 5. The Labute approximate surface area is 209 Å². The lowest BCUT2D eigenvalue weighted by Crippen LogP contribution is -2.42. The molecule has 0 bridgehead atoms. The van der Waals surface area contributed by atoms with Gasteiger partial charge in [0.25, 0.3) is 5.91 Å². The van der Waals surface area contributed by atoms with Crippen molar-refractivity contribution >= 4 is 34.2 Å². The summed E-state index contributed by atoms with van der Waals surface area (Å²) in [5.41, 5.74) is 2.53. The van der Waals surface area contributed by atoms with Crippen LogP contribution >= 0.6 is 11.3 Å². The van der Waals surface area contributed by atoms with E-state index in [2.05, 4.69) is 37.5 Å². The van der Waals surface area contributed by atoms with Gasteiger partial charge in [-0.25, -0.2) is 4.79 Å². The molecule has 1 spiro atoms. The predicted molar refractivity (Wildman–Crippen MR) is 134 cm³/mol. The number of nitrogens with zero attached hydrogens (tertiary/aromatic N) is 2. The molecule has 2 N–H and O–H groups in total. The van der Waals surface area contributed by atoms with Gasteiger partial charge in [-0.3, -0.25) is 14.5 Å². The van der Waals surface area contributed by atoms with Gasteiger partial charge >= 0.3 is 6.03 Å². The average molecular weight is 491 g/mol. The first kappa shape index (κ1) is 23.6. The van der Waals surface area contributed by atoms with Crippen molar-refractivity contribution in [3.05, 3.63) is 51.4 Å². The second kappa shape index (κ2) is 8.49. The van der Waals surface area contributed by atoms with E-state index in [1.807, 2.05) is 24.3 Å². The summed E-state index contributed by atoms with van der Waals surface area (Å²) >= 11 is 1.46. The molecule has 1 fully saturated rings. The summed E-state index contributed by atoms with van der Waals surface area (Å²) in [6.45, 7) is 6.41. The Bertz CT molecular complexity index is 1270. The number of carbonyl (C=O) groups is 3. The van der Waals surface area contributed by atoms with Crippen LogP contribution in [0.3, 0.4) is 0 Å². The van der Waals surface area contributed by atoms with Gasteiger partial charge in [0.2, 0.25) is 5.91 Å². The summed E-state index contributed by atoms with van der Waals surface area (Å²) in [6.07, 6.45) is 5.03. The average Bonchev–Trinajstić information content (AvgIpc) is 3.46. The molecule has 2 aliphatic carbocycles. The summed E-state index contributed by atoms with van der Waals surface area (Å²) in [6, 6.07) is 9.33. The van der Waals surface area contributed by atoms with Crippen molar-refractivity contribution in [3.63, 3.8) is 0 Å². The van der Waals surface area contributed by atoms with Crippen LogP contribution in [0.15, 0.2) is 24.3 Å². The van der Waals surface area contributed by atoms with Gasteiger partial charge in [0.1, 0.15) is 23.2 Å². The molecular formula is C27H30N4O3S. The molecule has 3 aliphatic rings. The molecular weight excluding hydrogens is 460 g/mol. The molecule has 5 rings (SSSR count). The van der Waals surface area contributed by atoms with Crippen LogP contribution in [0.1, 0.15) is 67.2 Å². The molecule has 1 aromatic carbocycles. The standard InChI is InChI=1S/C27H30N4O3S/c1-4-26(2,3)17-9-10-18-19(14-28)23(35-21(18)13-17)29-22(32)15-31-24(33)27(30-25(31)34)12-11-16-7-5-6-8-20(16)27/h5-8,17H,4,9-13,15H2,1-3H3,(H,29,32)(H,30,34)/t17-,27-/m0/s1. The van der Waals surface area contributed by atoms with Crippen LogP contribution in [-0.4, -0.2) is 29.3 Å². The Kier molecular flexibility index (Phi) is 5.71. The van der Waals surface area contributed by atoms with Crippen LogP contribution in [0.4, 0.5) is 9.80 Å². The number of thiophene rings is 1. The van der Waals surface area contributed by atoms with E-state index in [1.54, 1.807) is 0 Å². The molecule has 2 atom stereocenters. The minimum atomic E-state index is -1.09. The molecule has 182 valence electrons. The number of anilines is 1. The number of urea groups is 1. The summed E-state index contributed by atoms with van der Waals surface area (Å²) in [4.78, 5) is 41.2. The van der Waals surface area contributed by atoms with Crippen LogP contribution in [-0.2, 0) is 34.4 Å². The molecule has 4 amide bonds. The van der Waals surface area contributed by atoms with Crippen LogP contribution in [0.5, 0.6) is 0 Å². The quantitative estimate of drug-likeness (QED) is 0.603. The second-order valence-corrected chi connectivity index (χ2v) is 11.6. The fourth-order valence-electron chi connectivity index (χ4n) is 5.79. The van der Waals surface area contributed by atoms with Crippen LogP contribution < -0.4 is 10.6 Å². The maximum Gasteiger partial charge on any atom is 0.325 e. The molecule has 0 saturated carbocycles. The minimum Gasteiger partial charge on any atom is -0.319 e. The van der Waals surface area contributed by atoms with Crippen LogP contribution in [0.25, 0.3) is 0 Å². The summed E-state index contributed by atoms with van der Waals surface area (Å²) < 4.78 is 0. The highest BCUT2D eigenvalue weighted by atomic mass is 32.1. The Morgan fingerprint density at radius 3 is 2.83 bits per heavy atom. The fraction of sp³-hybridized carbons (Fsp3) is 0.481. The summed E-state index contributed by atoms with van der Waals surface area (Å²) in [7, 11) is 0. The number of amides is 4. The Balaban J connectivity index is 1.32. The number of nitriles is 1. The lowest BCUT2D eigenvalue weighted by Gasteiger charge is -2.36. The molecule has 2 heterocycles. The minimum absolute atomic E-state index is 0.218. The topological polar surface area (TPSA) is 102 Å². The van der Waals surface area contributed by atoms with Gasteiger partial charge in [-0.2, -0.15) is 5.26 Å². The number of fused-ring (bicyclic) bond motifs is 3. The summed E-state index contributed by atoms with van der Waals surface area (Å²) in [5.74, 6) is -0.333. The number of benzene rings is 1. The van der Waals surface area contributed by atoms with E-state index in [0.29, 0.717) is 29.3 Å². The predicted octanol–water partition coefficient (Wildman–Crippen LogP) is 4.49. The molecule has 1 aliphatic heterocycles. The zero-order valence-electron chi connectivity index (χ0n) is 20.4. The third-order valence-electron chi connectivity index (χ3n) is 8.37. The Morgan fingerprint density at radius 2 is 2.09 bits per heavy atom. The van der Waals surface area contributed by atoms with Gasteiger partial charge in [-0.15, -0.1) is 11.3 Å². The molecule has 0 unspecified atom stereocenters. The van der Waals surface area contributed by atoms with E-state index in [9.17, 15) is 19.6 Å². The molecule has 7 nitrogen and oxygen atoms in total. The summed E-state index contributed by atoms with van der Waals surface area (Å²) in [5, 5.41) is 16.0. The maximum absolute atomic E-state index is 13.3. The smallest absolute Gasteiger partial charge is 0.319 e. The van der Waals surface area contributed by atoms with Gasteiger partial charge in [-0.1, -0.05) is 51.5 Å². The van der Waals surface area contributed by atoms with Crippen molar-refractivity contribution in [2.75, 3.05) is 11.9 Å². The number of hydrogen-bond donors (Lipinski definition) is 2. The zero-order valence-corrected chi connectivity index (χ0v) is 21.2. The SMILES string of the molecule is CCC(C)(C)[C@H]1CCc2c(sc(NC(=O)CN3C(=O)N[C@]4(CCc5ccccc54)C3=O)c2C#N)C1. The van der Waals surface area contributed by atoms with E-state index < -0.39 is 23.4 Å². The highest BCUT2D eigenvalue weighted by molar-refractivity contribution is 7.16. The van der Waals surface area contributed by atoms with Crippen molar-refractivity contribution < 1.29 is 14.4 Å². The van der Waals surface area contributed by atoms with Crippen molar-refractivity contribution in [2.24, 2.45) is 11.3 Å². The molecule has 8 heteroatoms. The normalized spacial score (nSPS) is 23.1. The first-order valence-electron chi connectivity index (χ1n) is 12.3. The van der Waals surface area contributed by atoms with E-state index in [0.717, 1.165) is 52.2 Å². The highest BCUT2D eigenvalue weighted by Gasteiger charge is 2.55. The van der Waals surface area contributed by atoms with E-state index in [-0.39, 0.29) is 12.0 Å². The molecule has 2 aromatic rings. The first-order chi connectivity index (χ1) is 16.7. The van der Waals surface area contributed by atoms with Gasteiger partial charge < -0.3 is 10.6 Å².